The van der Waals surface area contributed by atoms with Gasteiger partial charge < -0.3 is 15.2 Å². The molecule has 5 heteroatoms. The summed E-state index contributed by atoms with van der Waals surface area (Å²) in [5.74, 6) is -0.137. The van der Waals surface area contributed by atoms with E-state index in [0.717, 1.165) is 6.42 Å². The SMILES string of the molecule is COc1cccc(C(=O)NC(C)Cc2ccsc2)c1O. The lowest BCUT2D eigenvalue weighted by atomic mass is 10.1. The van der Waals surface area contributed by atoms with Gasteiger partial charge in [-0.2, -0.15) is 11.3 Å². The van der Waals surface area contributed by atoms with E-state index in [4.69, 9.17) is 4.74 Å². The molecule has 1 aromatic carbocycles. The predicted molar refractivity (Wildman–Crippen MR) is 79.6 cm³/mol. The van der Waals surface area contributed by atoms with Crippen LogP contribution in [0.3, 0.4) is 0 Å². The molecule has 1 amide bonds. The Labute approximate surface area is 122 Å². The first-order chi connectivity index (χ1) is 9.61. The van der Waals surface area contributed by atoms with Crippen LogP contribution in [0.1, 0.15) is 22.8 Å². The summed E-state index contributed by atoms with van der Waals surface area (Å²) in [7, 11) is 1.45. The highest BCUT2D eigenvalue weighted by Crippen LogP contribution is 2.29. The second-order valence-corrected chi connectivity index (χ2v) is 5.35. The van der Waals surface area contributed by atoms with Crippen molar-refractivity contribution in [2.24, 2.45) is 0 Å². The molecule has 0 aliphatic carbocycles. The summed E-state index contributed by atoms with van der Waals surface area (Å²) in [5.41, 5.74) is 1.42. The number of hydrogen-bond donors (Lipinski definition) is 2. The molecule has 2 N–H and O–H groups in total. The lowest BCUT2D eigenvalue weighted by Gasteiger charge is -2.14. The minimum atomic E-state index is -0.302. The van der Waals surface area contributed by atoms with Crippen molar-refractivity contribution in [3.05, 3.63) is 46.2 Å². The van der Waals surface area contributed by atoms with Crippen LogP contribution >= 0.6 is 11.3 Å². The summed E-state index contributed by atoms with van der Waals surface area (Å²) in [5, 5.41) is 16.9. The lowest BCUT2D eigenvalue weighted by molar-refractivity contribution is 0.0937. The molecule has 4 nitrogen and oxygen atoms in total. The number of thiophene rings is 1. The Morgan fingerprint density at radius 2 is 2.25 bits per heavy atom. The minimum absolute atomic E-state index is 0.0114. The Morgan fingerprint density at radius 1 is 1.45 bits per heavy atom. The van der Waals surface area contributed by atoms with E-state index in [2.05, 4.69) is 10.7 Å². The molecule has 1 atom stereocenters. The molecule has 0 spiro atoms. The highest BCUT2D eigenvalue weighted by atomic mass is 32.1. The zero-order chi connectivity index (χ0) is 14.5. The molecule has 106 valence electrons. The number of nitrogens with one attached hydrogen (secondary N) is 1. The summed E-state index contributed by atoms with van der Waals surface area (Å²) < 4.78 is 5.00. The molecular formula is C15H17NO3S. The quantitative estimate of drug-likeness (QED) is 0.890. The van der Waals surface area contributed by atoms with Crippen LogP contribution in [-0.2, 0) is 6.42 Å². The van der Waals surface area contributed by atoms with Crippen molar-refractivity contribution >= 4 is 17.2 Å². The van der Waals surface area contributed by atoms with Crippen LogP contribution in [0.15, 0.2) is 35.0 Å². The van der Waals surface area contributed by atoms with Crippen LogP contribution in [0.5, 0.6) is 11.5 Å². The largest absolute Gasteiger partial charge is 0.504 e. The fraction of sp³-hybridized carbons (Fsp3) is 0.267. The van der Waals surface area contributed by atoms with Gasteiger partial charge in [-0.1, -0.05) is 6.07 Å². The van der Waals surface area contributed by atoms with Gasteiger partial charge in [-0.3, -0.25) is 4.79 Å². The Bertz CT molecular complexity index is 581. The van der Waals surface area contributed by atoms with E-state index in [-0.39, 0.29) is 23.3 Å². The van der Waals surface area contributed by atoms with Crippen molar-refractivity contribution in [2.45, 2.75) is 19.4 Å². The van der Waals surface area contributed by atoms with Crippen molar-refractivity contribution in [2.75, 3.05) is 7.11 Å². The number of methoxy groups -OCH3 is 1. The maximum atomic E-state index is 12.1. The number of para-hydroxylation sites is 1. The first-order valence-corrected chi connectivity index (χ1v) is 7.24. The Morgan fingerprint density at radius 3 is 2.90 bits per heavy atom. The molecule has 2 rings (SSSR count). The molecule has 0 fully saturated rings. The van der Waals surface area contributed by atoms with Gasteiger partial charge in [0.15, 0.2) is 11.5 Å². The Kier molecular flexibility index (Phi) is 4.63. The number of phenols is 1. The average molecular weight is 291 g/mol. The predicted octanol–water partition coefficient (Wildman–Crippen LogP) is 2.82. The topological polar surface area (TPSA) is 58.6 Å². The number of rotatable bonds is 5. The monoisotopic (exact) mass is 291 g/mol. The van der Waals surface area contributed by atoms with E-state index < -0.39 is 0 Å². The van der Waals surface area contributed by atoms with Gasteiger partial charge in [0.1, 0.15) is 0 Å². The number of hydrogen-bond acceptors (Lipinski definition) is 4. The van der Waals surface area contributed by atoms with Crippen molar-refractivity contribution in [3.63, 3.8) is 0 Å². The van der Waals surface area contributed by atoms with Crippen LogP contribution in [0.2, 0.25) is 0 Å². The summed E-state index contributed by atoms with van der Waals surface area (Å²) in [4.78, 5) is 12.1. The van der Waals surface area contributed by atoms with Crippen LogP contribution in [0.4, 0.5) is 0 Å². The number of ether oxygens (including phenoxy) is 1. The number of benzene rings is 1. The molecule has 2 aromatic rings. The molecule has 1 heterocycles. The molecule has 1 aromatic heterocycles. The third-order valence-corrected chi connectivity index (χ3v) is 3.70. The summed E-state index contributed by atoms with van der Waals surface area (Å²) >= 11 is 1.63. The Hall–Kier alpha value is -2.01. The molecular weight excluding hydrogens is 274 g/mol. The second-order valence-electron chi connectivity index (χ2n) is 4.57. The third kappa shape index (κ3) is 3.30. The highest BCUT2D eigenvalue weighted by Gasteiger charge is 2.16. The number of amides is 1. The summed E-state index contributed by atoms with van der Waals surface area (Å²) in [6.45, 7) is 1.94. The molecule has 0 saturated carbocycles. The zero-order valence-electron chi connectivity index (χ0n) is 11.4. The van der Waals surface area contributed by atoms with Gasteiger partial charge in [0.2, 0.25) is 0 Å². The van der Waals surface area contributed by atoms with Gasteiger partial charge in [-0.05, 0) is 47.9 Å². The third-order valence-electron chi connectivity index (χ3n) is 2.96. The average Bonchev–Trinajstić information content (AvgIpc) is 2.91. The van der Waals surface area contributed by atoms with E-state index in [1.807, 2.05) is 18.4 Å². The number of carbonyl (C=O) groups excluding carboxylic acids is 1. The van der Waals surface area contributed by atoms with Crippen molar-refractivity contribution in [1.82, 2.24) is 5.32 Å². The maximum Gasteiger partial charge on any atom is 0.255 e. The fourth-order valence-electron chi connectivity index (χ4n) is 1.99. The lowest BCUT2D eigenvalue weighted by Crippen LogP contribution is -2.34. The van der Waals surface area contributed by atoms with Crippen LogP contribution in [0.25, 0.3) is 0 Å². The van der Waals surface area contributed by atoms with Gasteiger partial charge in [0.25, 0.3) is 5.91 Å². The van der Waals surface area contributed by atoms with Crippen LogP contribution in [0, 0.1) is 0 Å². The van der Waals surface area contributed by atoms with E-state index in [0.29, 0.717) is 5.75 Å². The first-order valence-electron chi connectivity index (χ1n) is 6.29. The van der Waals surface area contributed by atoms with Crippen molar-refractivity contribution < 1.29 is 14.6 Å². The van der Waals surface area contributed by atoms with Crippen molar-refractivity contribution in [1.29, 1.82) is 0 Å². The molecule has 0 bridgehead atoms. The summed E-state index contributed by atoms with van der Waals surface area (Å²) in [6.07, 6.45) is 0.764. The first kappa shape index (κ1) is 14.4. The van der Waals surface area contributed by atoms with Gasteiger partial charge in [0, 0.05) is 6.04 Å². The molecule has 1 unspecified atom stereocenters. The smallest absolute Gasteiger partial charge is 0.255 e. The van der Waals surface area contributed by atoms with Crippen LogP contribution < -0.4 is 10.1 Å². The van der Waals surface area contributed by atoms with E-state index >= 15 is 0 Å². The van der Waals surface area contributed by atoms with Gasteiger partial charge in [0.05, 0.1) is 12.7 Å². The van der Waals surface area contributed by atoms with Gasteiger partial charge in [-0.25, -0.2) is 0 Å². The van der Waals surface area contributed by atoms with E-state index in [1.54, 1.807) is 29.5 Å². The van der Waals surface area contributed by atoms with Crippen molar-refractivity contribution in [3.8, 4) is 11.5 Å². The minimum Gasteiger partial charge on any atom is -0.504 e. The van der Waals surface area contributed by atoms with Gasteiger partial charge in [-0.15, -0.1) is 0 Å². The summed E-state index contributed by atoms with van der Waals surface area (Å²) in [6, 6.07) is 6.89. The number of phenolic OH excluding ortho intramolecular Hbond substituents is 1. The van der Waals surface area contributed by atoms with Gasteiger partial charge >= 0.3 is 0 Å². The van der Waals surface area contributed by atoms with Crippen LogP contribution in [-0.4, -0.2) is 24.2 Å². The molecule has 0 saturated heterocycles. The fourth-order valence-corrected chi connectivity index (χ4v) is 2.67. The molecule has 0 aliphatic heterocycles. The van der Waals surface area contributed by atoms with E-state index in [1.165, 1.54) is 12.7 Å². The number of carbonyl (C=O) groups is 1. The standard InChI is InChI=1S/C15H17NO3S/c1-10(8-11-6-7-20-9-11)16-15(18)12-4-3-5-13(19-2)14(12)17/h3-7,9-10,17H,8H2,1-2H3,(H,16,18). The Balaban J connectivity index is 2.04. The maximum absolute atomic E-state index is 12.1. The molecule has 20 heavy (non-hydrogen) atoms. The van der Waals surface area contributed by atoms with E-state index in [9.17, 15) is 9.90 Å². The second kappa shape index (κ2) is 6.43. The highest BCUT2D eigenvalue weighted by molar-refractivity contribution is 7.07. The molecule has 0 radical (unpaired) electrons. The molecule has 0 aliphatic rings. The zero-order valence-corrected chi connectivity index (χ0v) is 12.2. The number of aromatic hydroxyl groups is 1. The normalized spacial score (nSPS) is 11.9.